The van der Waals surface area contributed by atoms with Gasteiger partial charge in [-0.3, -0.25) is 0 Å². The molecule has 0 unspecified atom stereocenters. The Morgan fingerprint density at radius 3 is 1.60 bits per heavy atom. The lowest BCUT2D eigenvalue weighted by Crippen LogP contribution is -2.07. The second-order valence-electron chi connectivity index (χ2n) is 10.8. The lowest BCUT2D eigenvalue weighted by Gasteiger charge is -2.12. The molecule has 0 radical (unpaired) electrons. The highest BCUT2D eigenvalue weighted by Crippen LogP contribution is 2.33. The van der Waals surface area contributed by atoms with E-state index in [-0.39, 0.29) is 37.7 Å². The normalized spacial score (nSPS) is 10.6. The summed E-state index contributed by atoms with van der Waals surface area (Å²) in [7, 11) is 3.03. The molecule has 0 aliphatic rings. The van der Waals surface area contributed by atoms with Crippen molar-refractivity contribution >= 4 is 28.0 Å². The van der Waals surface area contributed by atoms with E-state index in [0.717, 1.165) is 22.2 Å². The number of carbonyl (C=O) groups excluding carboxylic acids is 1. The first-order chi connectivity index (χ1) is 22.5. The maximum absolute atomic E-state index is 11.6. The fraction of sp³-hybridized carbons (Fsp3) is 0.229. The second kappa shape index (κ2) is 14.6. The van der Waals surface area contributed by atoms with Crippen molar-refractivity contribution in [1.82, 2.24) is 30.0 Å². The third-order valence-electron chi connectivity index (χ3n) is 7.14. The van der Waals surface area contributed by atoms with E-state index in [2.05, 4.69) is 27.0 Å². The fourth-order valence-corrected chi connectivity index (χ4v) is 4.60. The van der Waals surface area contributed by atoms with Crippen molar-refractivity contribution in [3.8, 4) is 34.4 Å². The number of fused-ring (bicyclic) bond motifs is 2. The molecule has 0 fully saturated rings. The number of nitrogens with zero attached hydrogens (tertiary/aromatic N) is 6. The van der Waals surface area contributed by atoms with Crippen LogP contribution in [0.25, 0.3) is 33.4 Å². The van der Waals surface area contributed by atoms with Gasteiger partial charge in [-0.15, -0.1) is 30.0 Å². The first kappa shape index (κ1) is 34.9. The van der Waals surface area contributed by atoms with Gasteiger partial charge >= 0.3 is 5.97 Å². The summed E-state index contributed by atoms with van der Waals surface area (Å²) < 4.78 is 15.6. The van der Waals surface area contributed by atoms with Gasteiger partial charge in [0.2, 0.25) is 0 Å². The van der Waals surface area contributed by atoms with E-state index >= 15 is 0 Å². The van der Waals surface area contributed by atoms with Gasteiger partial charge in [0.15, 0.2) is 0 Å². The lowest BCUT2D eigenvalue weighted by molar-refractivity contribution is -0.140. The number of phenols is 2. The van der Waals surface area contributed by atoms with E-state index in [0.29, 0.717) is 45.0 Å². The predicted octanol–water partition coefficient (Wildman–Crippen LogP) is 5.63. The molecule has 13 heteroatoms. The zero-order chi connectivity index (χ0) is 33.8. The minimum absolute atomic E-state index is 0. The Labute approximate surface area is 277 Å². The summed E-state index contributed by atoms with van der Waals surface area (Å²) in [6, 6.07) is 17.9. The molecular formula is C35H38N6O7. The molecule has 0 saturated carbocycles. The number of phenolic OH excluding ortho intramolecular Hbond substituents is 1. The number of esters is 1. The highest BCUT2D eigenvalue weighted by Gasteiger charge is 2.17. The first-order valence-corrected chi connectivity index (χ1v) is 14.4. The molecule has 250 valence electrons. The van der Waals surface area contributed by atoms with Crippen LogP contribution >= 0.6 is 0 Å². The second-order valence-corrected chi connectivity index (χ2v) is 10.8. The van der Waals surface area contributed by atoms with Crippen molar-refractivity contribution in [2.45, 2.75) is 41.4 Å². The SMILES string of the molecule is C.C=C(C)C(=O)OCc1cc(OC)cc(-n2nc3ccc(C)cc3n2)c1O.COc1cc(CO)c(O)c(-n2nc3ccc(C)cc3n2)c1. The number of hydrogen-bond donors (Lipinski definition) is 3. The third-order valence-corrected chi connectivity index (χ3v) is 7.14. The monoisotopic (exact) mass is 654 g/mol. The topological polar surface area (TPSA) is 167 Å². The molecule has 0 aliphatic heterocycles. The molecule has 0 bridgehead atoms. The van der Waals surface area contributed by atoms with Crippen molar-refractivity contribution in [3.05, 3.63) is 95.1 Å². The van der Waals surface area contributed by atoms with Crippen LogP contribution in [0, 0.1) is 13.8 Å². The summed E-state index contributed by atoms with van der Waals surface area (Å²) in [6.07, 6.45) is 0. The standard InChI is InChI=1S/C19H19N3O4.C15H15N3O3.CH4/c1-11(2)19(24)26-10-13-8-14(25-4)9-17(18(13)23)22-20-15-6-5-12(3)7-16(15)21-22;1-9-3-4-12-13(5-9)17-18(16-12)14-7-11(21-2)6-10(8-19)15(14)20;/h5-9,23H,1,10H2,2-4H3;3-7,19-20H,8H2,1-2H3;1H4. The Morgan fingerprint density at radius 2 is 1.17 bits per heavy atom. The molecule has 0 atom stereocenters. The lowest BCUT2D eigenvalue weighted by atomic mass is 10.1. The number of aryl methyl sites for hydroxylation is 2. The molecule has 4 aromatic carbocycles. The molecule has 6 aromatic rings. The van der Waals surface area contributed by atoms with Gasteiger partial charge in [-0.25, -0.2) is 4.79 Å². The number of methoxy groups -OCH3 is 2. The van der Waals surface area contributed by atoms with E-state index < -0.39 is 5.97 Å². The Hall–Kier alpha value is -5.95. The van der Waals surface area contributed by atoms with Gasteiger partial charge in [-0.05, 0) is 68.3 Å². The van der Waals surface area contributed by atoms with Crippen LogP contribution in [0.2, 0.25) is 0 Å². The van der Waals surface area contributed by atoms with Gasteiger partial charge in [0.05, 0.1) is 20.8 Å². The van der Waals surface area contributed by atoms with Crippen molar-refractivity contribution in [2.75, 3.05) is 14.2 Å². The molecular weight excluding hydrogens is 616 g/mol. The average molecular weight is 655 g/mol. The molecule has 0 spiro atoms. The van der Waals surface area contributed by atoms with Gasteiger partial charge in [0.25, 0.3) is 0 Å². The number of aliphatic hydroxyl groups excluding tert-OH is 1. The molecule has 6 rings (SSSR count). The number of aromatic nitrogens is 6. The Bertz CT molecular complexity index is 2120. The molecule has 0 saturated heterocycles. The largest absolute Gasteiger partial charge is 0.505 e. The van der Waals surface area contributed by atoms with Gasteiger partial charge in [0.1, 0.15) is 63.0 Å². The highest BCUT2D eigenvalue weighted by atomic mass is 16.5. The Kier molecular flexibility index (Phi) is 10.7. The number of rotatable bonds is 8. The number of aliphatic hydroxyl groups is 1. The summed E-state index contributed by atoms with van der Waals surface area (Å²) in [5.74, 6) is 0.320. The van der Waals surface area contributed by atoms with Crippen molar-refractivity contribution in [3.63, 3.8) is 0 Å². The summed E-state index contributed by atoms with van der Waals surface area (Å²) >= 11 is 0. The molecule has 13 nitrogen and oxygen atoms in total. The van der Waals surface area contributed by atoms with Crippen LogP contribution in [0.1, 0.15) is 36.6 Å². The maximum Gasteiger partial charge on any atom is 0.333 e. The highest BCUT2D eigenvalue weighted by molar-refractivity contribution is 5.87. The van der Waals surface area contributed by atoms with Crippen molar-refractivity contribution in [2.24, 2.45) is 0 Å². The van der Waals surface area contributed by atoms with Crippen molar-refractivity contribution < 1.29 is 34.3 Å². The van der Waals surface area contributed by atoms with Gasteiger partial charge in [-0.2, -0.15) is 0 Å². The summed E-state index contributed by atoms with van der Waals surface area (Å²) in [6.45, 7) is 8.62. The fourth-order valence-electron chi connectivity index (χ4n) is 4.60. The first-order valence-electron chi connectivity index (χ1n) is 14.4. The zero-order valence-corrected chi connectivity index (χ0v) is 26.6. The molecule has 0 amide bonds. The minimum atomic E-state index is -0.535. The van der Waals surface area contributed by atoms with E-state index in [4.69, 9.17) is 14.2 Å². The van der Waals surface area contributed by atoms with Gasteiger partial charge < -0.3 is 29.5 Å². The quantitative estimate of drug-likeness (QED) is 0.137. The molecule has 48 heavy (non-hydrogen) atoms. The van der Waals surface area contributed by atoms with Crippen LogP contribution in [-0.2, 0) is 22.7 Å². The van der Waals surface area contributed by atoms with Crippen LogP contribution in [0.3, 0.4) is 0 Å². The van der Waals surface area contributed by atoms with Crippen molar-refractivity contribution in [1.29, 1.82) is 0 Å². The zero-order valence-electron chi connectivity index (χ0n) is 26.6. The van der Waals surface area contributed by atoms with Crippen LogP contribution < -0.4 is 9.47 Å². The van der Waals surface area contributed by atoms with E-state index in [1.165, 1.54) is 23.8 Å². The maximum atomic E-state index is 11.6. The van der Waals surface area contributed by atoms with E-state index in [9.17, 15) is 20.1 Å². The smallest absolute Gasteiger partial charge is 0.333 e. The summed E-state index contributed by atoms with van der Waals surface area (Å²) in [4.78, 5) is 14.3. The number of carbonyl (C=O) groups is 1. The summed E-state index contributed by atoms with van der Waals surface area (Å²) in [5, 5.41) is 47.7. The number of aromatic hydroxyl groups is 2. The third kappa shape index (κ3) is 7.37. The molecule has 3 N–H and O–H groups in total. The van der Waals surface area contributed by atoms with Crippen LogP contribution in [0.15, 0.2) is 72.8 Å². The van der Waals surface area contributed by atoms with Gasteiger partial charge in [-0.1, -0.05) is 26.1 Å². The number of hydrogen-bond acceptors (Lipinski definition) is 11. The van der Waals surface area contributed by atoms with Crippen LogP contribution in [0.5, 0.6) is 23.0 Å². The van der Waals surface area contributed by atoms with Crippen LogP contribution in [-0.4, -0.2) is 65.5 Å². The molecule has 2 heterocycles. The van der Waals surface area contributed by atoms with Crippen LogP contribution in [0.4, 0.5) is 0 Å². The van der Waals surface area contributed by atoms with E-state index in [1.54, 1.807) is 31.2 Å². The summed E-state index contributed by atoms with van der Waals surface area (Å²) in [5.41, 5.74) is 6.75. The van der Waals surface area contributed by atoms with E-state index in [1.807, 2.05) is 50.2 Å². The predicted molar refractivity (Wildman–Crippen MR) is 181 cm³/mol. The Morgan fingerprint density at radius 1 is 0.729 bits per heavy atom. The average Bonchev–Trinajstić information content (AvgIpc) is 3.68. The minimum Gasteiger partial charge on any atom is -0.505 e. The molecule has 0 aliphatic carbocycles. The molecule has 2 aromatic heterocycles. The van der Waals surface area contributed by atoms with Gasteiger partial charge in [0, 0.05) is 28.8 Å². The number of ether oxygens (including phenoxy) is 3. The Balaban J connectivity index is 0.000000217. The number of benzene rings is 4.